The van der Waals surface area contributed by atoms with Crippen LogP contribution in [-0.2, 0) is 19.6 Å². The van der Waals surface area contributed by atoms with Gasteiger partial charge in [-0.3, -0.25) is 13.9 Å². The lowest BCUT2D eigenvalue weighted by molar-refractivity contribution is -0.116. The Kier molecular flexibility index (Phi) is 8.18. The highest BCUT2D eigenvalue weighted by Crippen LogP contribution is 2.25. The molecule has 0 radical (unpaired) electrons. The van der Waals surface area contributed by atoms with Crippen molar-refractivity contribution in [2.45, 2.75) is 26.8 Å². The Balaban J connectivity index is 2.29. The lowest BCUT2D eigenvalue weighted by Gasteiger charge is -2.29. The molecule has 168 valence electrons. The van der Waals surface area contributed by atoms with E-state index in [-0.39, 0.29) is 11.5 Å². The fraction of sp³-hybridized carbons (Fsp3) is 0.364. The minimum absolute atomic E-state index is 0.274. The number of hydrogen-bond acceptors (Lipinski definition) is 5. The van der Waals surface area contributed by atoms with Crippen LogP contribution in [0.4, 0.5) is 11.4 Å². The van der Waals surface area contributed by atoms with E-state index in [1.54, 1.807) is 36.4 Å². The van der Waals surface area contributed by atoms with Crippen molar-refractivity contribution in [2.75, 3.05) is 36.1 Å². The average Bonchev–Trinajstić information content (AvgIpc) is 2.70. The number of rotatable bonds is 9. The fourth-order valence-corrected chi connectivity index (χ4v) is 4.23. The lowest BCUT2D eigenvalue weighted by atomic mass is 10.1. The van der Waals surface area contributed by atoms with Crippen molar-refractivity contribution in [1.82, 2.24) is 5.32 Å². The second kappa shape index (κ2) is 10.4. The van der Waals surface area contributed by atoms with Crippen LogP contribution in [0.1, 0.15) is 28.4 Å². The van der Waals surface area contributed by atoms with Crippen LogP contribution in [0.2, 0.25) is 0 Å². The van der Waals surface area contributed by atoms with Gasteiger partial charge in [0, 0.05) is 13.7 Å². The van der Waals surface area contributed by atoms with Gasteiger partial charge in [-0.25, -0.2) is 8.42 Å². The highest BCUT2D eigenvalue weighted by molar-refractivity contribution is 7.92. The summed E-state index contributed by atoms with van der Waals surface area (Å²) < 4.78 is 31.0. The van der Waals surface area contributed by atoms with Gasteiger partial charge >= 0.3 is 0 Å². The summed E-state index contributed by atoms with van der Waals surface area (Å²) in [6.07, 6.45) is 1.06. The van der Waals surface area contributed by atoms with E-state index < -0.39 is 22.0 Å². The maximum absolute atomic E-state index is 13.0. The molecule has 31 heavy (non-hydrogen) atoms. The summed E-state index contributed by atoms with van der Waals surface area (Å²) in [6, 6.07) is 10.7. The Bertz CT molecular complexity index is 1050. The largest absolute Gasteiger partial charge is 0.383 e. The van der Waals surface area contributed by atoms with Crippen LogP contribution >= 0.6 is 0 Å². The molecule has 0 heterocycles. The van der Waals surface area contributed by atoms with E-state index in [2.05, 4.69) is 10.6 Å². The second-order valence-corrected chi connectivity index (χ2v) is 9.15. The van der Waals surface area contributed by atoms with E-state index in [4.69, 9.17) is 4.74 Å². The minimum Gasteiger partial charge on any atom is -0.383 e. The third-order valence-electron chi connectivity index (χ3n) is 4.85. The van der Waals surface area contributed by atoms with Crippen molar-refractivity contribution in [3.63, 3.8) is 0 Å². The molecule has 0 spiro atoms. The molecule has 8 nitrogen and oxygen atoms in total. The zero-order chi connectivity index (χ0) is 23.2. The van der Waals surface area contributed by atoms with Gasteiger partial charge < -0.3 is 15.4 Å². The highest BCUT2D eigenvalue weighted by Gasteiger charge is 2.30. The first-order valence-electron chi connectivity index (χ1n) is 9.80. The Morgan fingerprint density at radius 2 is 1.77 bits per heavy atom. The summed E-state index contributed by atoms with van der Waals surface area (Å²) in [5.41, 5.74) is 2.90. The molecule has 0 fully saturated rings. The summed E-state index contributed by atoms with van der Waals surface area (Å²) in [4.78, 5) is 25.4. The van der Waals surface area contributed by atoms with Gasteiger partial charge in [0.25, 0.3) is 5.91 Å². The third-order valence-corrected chi connectivity index (χ3v) is 6.10. The van der Waals surface area contributed by atoms with Crippen molar-refractivity contribution < 1.29 is 22.7 Å². The number of para-hydroxylation sites is 1. The van der Waals surface area contributed by atoms with Gasteiger partial charge in [0.05, 0.1) is 29.8 Å². The number of nitrogens with one attached hydrogen (secondary N) is 2. The predicted molar refractivity (Wildman–Crippen MR) is 122 cm³/mol. The van der Waals surface area contributed by atoms with Gasteiger partial charge in [-0.2, -0.15) is 0 Å². The van der Waals surface area contributed by atoms with Crippen LogP contribution in [0.15, 0.2) is 42.5 Å². The number of carbonyl (C=O) groups excluding carboxylic acids is 2. The molecule has 0 aliphatic heterocycles. The van der Waals surface area contributed by atoms with Crippen molar-refractivity contribution >= 4 is 33.2 Å². The Hall–Kier alpha value is -2.91. The number of sulfonamides is 1. The number of carbonyl (C=O) groups is 2. The fourth-order valence-electron chi connectivity index (χ4n) is 3.06. The van der Waals surface area contributed by atoms with Crippen molar-refractivity contribution in [3.05, 3.63) is 59.2 Å². The Morgan fingerprint density at radius 3 is 2.39 bits per heavy atom. The molecular weight excluding hydrogens is 418 g/mol. The first-order valence-corrected chi connectivity index (χ1v) is 11.6. The van der Waals surface area contributed by atoms with Crippen LogP contribution in [0.5, 0.6) is 0 Å². The molecule has 2 N–H and O–H groups in total. The normalized spacial score (nSPS) is 12.2. The summed E-state index contributed by atoms with van der Waals surface area (Å²) in [5, 5.41) is 5.40. The van der Waals surface area contributed by atoms with Crippen molar-refractivity contribution in [1.29, 1.82) is 0 Å². The SMILES string of the molecule is COCCNC(=O)c1ccccc1NC(=O)[C@@H](C)N(c1ccc(C)c(C)c1)S(C)(=O)=O. The van der Waals surface area contributed by atoms with Gasteiger partial charge in [0.1, 0.15) is 6.04 Å². The summed E-state index contributed by atoms with van der Waals surface area (Å²) in [6.45, 7) is 5.99. The maximum atomic E-state index is 13.0. The van der Waals surface area contributed by atoms with Crippen molar-refractivity contribution in [3.8, 4) is 0 Å². The molecule has 0 aliphatic carbocycles. The number of aryl methyl sites for hydroxylation is 2. The number of methoxy groups -OCH3 is 1. The molecule has 0 unspecified atom stereocenters. The zero-order valence-electron chi connectivity index (χ0n) is 18.4. The van der Waals surface area contributed by atoms with Gasteiger partial charge in [-0.05, 0) is 56.2 Å². The van der Waals surface area contributed by atoms with E-state index in [9.17, 15) is 18.0 Å². The zero-order valence-corrected chi connectivity index (χ0v) is 19.2. The summed E-state index contributed by atoms with van der Waals surface area (Å²) >= 11 is 0. The summed E-state index contributed by atoms with van der Waals surface area (Å²) in [7, 11) is -2.21. The molecule has 0 saturated heterocycles. The number of anilines is 2. The van der Waals surface area contributed by atoms with Crippen molar-refractivity contribution in [2.24, 2.45) is 0 Å². The van der Waals surface area contributed by atoms with E-state index in [1.165, 1.54) is 14.0 Å². The molecule has 2 aromatic carbocycles. The Morgan fingerprint density at radius 1 is 1.10 bits per heavy atom. The molecule has 0 saturated carbocycles. The number of benzene rings is 2. The number of nitrogens with zero attached hydrogens (tertiary/aromatic N) is 1. The van der Waals surface area contributed by atoms with E-state index in [0.717, 1.165) is 21.7 Å². The van der Waals surface area contributed by atoms with Gasteiger partial charge in [-0.15, -0.1) is 0 Å². The van der Waals surface area contributed by atoms with Crippen LogP contribution < -0.4 is 14.9 Å². The third kappa shape index (κ3) is 6.28. The molecule has 2 aromatic rings. The monoisotopic (exact) mass is 447 g/mol. The molecule has 1 atom stereocenters. The quantitative estimate of drug-likeness (QED) is 0.575. The highest BCUT2D eigenvalue weighted by atomic mass is 32.2. The predicted octanol–water partition coefficient (Wildman–Crippen LogP) is 2.47. The van der Waals surface area contributed by atoms with Crippen LogP contribution in [-0.4, -0.2) is 52.8 Å². The van der Waals surface area contributed by atoms with Crippen LogP contribution in [0, 0.1) is 13.8 Å². The van der Waals surface area contributed by atoms with E-state index in [1.807, 2.05) is 19.9 Å². The van der Waals surface area contributed by atoms with Gasteiger partial charge in [-0.1, -0.05) is 18.2 Å². The molecule has 0 aliphatic rings. The minimum atomic E-state index is -3.75. The number of amides is 2. The number of hydrogen-bond donors (Lipinski definition) is 2. The average molecular weight is 448 g/mol. The number of ether oxygens (including phenoxy) is 1. The summed E-state index contributed by atoms with van der Waals surface area (Å²) in [5.74, 6) is -0.921. The van der Waals surface area contributed by atoms with Crippen LogP contribution in [0.3, 0.4) is 0 Å². The molecule has 2 amide bonds. The lowest BCUT2D eigenvalue weighted by Crippen LogP contribution is -2.45. The van der Waals surface area contributed by atoms with Gasteiger partial charge in [0.15, 0.2) is 0 Å². The van der Waals surface area contributed by atoms with Gasteiger partial charge in [0.2, 0.25) is 15.9 Å². The maximum Gasteiger partial charge on any atom is 0.253 e. The smallest absolute Gasteiger partial charge is 0.253 e. The van der Waals surface area contributed by atoms with E-state index in [0.29, 0.717) is 24.5 Å². The second-order valence-electron chi connectivity index (χ2n) is 7.29. The molecule has 2 rings (SSSR count). The molecular formula is C22H29N3O5S. The first-order chi connectivity index (χ1) is 14.6. The molecule has 0 bridgehead atoms. The Labute approximate surface area is 183 Å². The molecule has 0 aromatic heterocycles. The van der Waals surface area contributed by atoms with Crippen LogP contribution in [0.25, 0.3) is 0 Å². The molecule has 9 heteroatoms. The van der Waals surface area contributed by atoms with E-state index >= 15 is 0 Å². The first kappa shape index (κ1) is 24.4. The standard InChI is InChI=1S/C22H29N3O5S/c1-15-10-11-18(14-16(15)2)25(31(5,28)29)17(3)21(26)24-20-9-7-6-8-19(20)22(27)23-12-13-30-4/h6-11,14,17H,12-13H2,1-5H3,(H,23,27)(H,24,26)/t17-/m1/s1. The topological polar surface area (TPSA) is 105 Å².